The Balaban J connectivity index is 2.02. The molecule has 0 bridgehead atoms. The molecule has 4 nitrogen and oxygen atoms in total. The van der Waals surface area contributed by atoms with Crippen LogP contribution >= 0.6 is 0 Å². The third-order valence-electron chi connectivity index (χ3n) is 6.56. The lowest BCUT2D eigenvalue weighted by Crippen LogP contribution is -2.31. The molecular formula is C30H43N3O. The normalized spacial score (nSPS) is 20.3. The molecule has 2 rings (SSSR count). The number of hydrogen-bond acceptors (Lipinski definition) is 2. The Kier molecular flexibility index (Phi) is 10.1. The highest BCUT2D eigenvalue weighted by Gasteiger charge is 2.32. The van der Waals surface area contributed by atoms with Crippen molar-refractivity contribution in [1.29, 1.82) is 0 Å². The van der Waals surface area contributed by atoms with Crippen LogP contribution in [0.4, 0.5) is 0 Å². The van der Waals surface area contributed by atoms with E-state index in [2.05, 4.69) is 73.6 Å². The number of carbonyl (C=O) groups is 1. The molecule has 1 amide bonds. The Hall–Kier alpha value is -2.88. The summed E-state index contributed by atoms with van der Waals surface area (Å²) in [6, 6.07) is 0.515. The Labute approximate surface area is 206 Å². The summed E-state index contributed by atoms with van der Waals surface area (Å²) < 4.78 is 2.22. The van der Waals surface area contributed by atoms with E-state index in [9.17, 15) is 4.79 Å². The van der Waals surface area contributed by atoms with Crippen molar-refractivity contribution >= 4 is 5.91 Å². The molecule has 0 fully saturated rings. The van der Waals surface area contributed by atoms with Crippen LogP contribution in [0.25, 0.3) is 0 Å². The van der Waals surface area contributed by atoms with Gasteiger partial charge in [0, 0.05) is 24.5 Å². The van der Waals surface area contributed by atoms with E-state index in [4.69, 9.17) is 0 Å². The molecule has 0 spiro atoms. The Morgan fingerprint density at radius 3 is 2.68 bits per heavy atom. The molecule has 2 atom stereocenters. The van der Waals surface area contributed by atoms with Crippen molar-refractivity contribution in [3.05, 3.63) is 89.6 Å². The van der Waals surface area contributed by atoms with Crippen LogP contribution in [0.2, 0.25) is 0 Å². The van der Waals surface area contributed by atoms with Gasteiger partial charge >= 0.3 is 0 Å². The molecule has 34 heavy (non-hydrogen) atoms. The molecule has 4 heteroatoms. The highest BCUT2D eigenvalue weighted by Crippen LogP contribution is 2.45. The van der Waals surface area contributed by atoms with Gasteiger partial charge in [0.15, 0.2) is 0 Å². The SMILES string of the molecule is C=C(C)CC[C@@H](C)NC(=O)/C=C(C)/C=C/C=C(C)/C=C/C1=C(C)C(n2ccnc2)CCC1(C)C. The smallest absolute Gasteiger partial charge is 0.244 e. The topological polar surface area (TPSA) is 46.9 Å². The summed E-state index contributed by atoms with van der Waals surface area (Å²) in [6.45, 7) is 18.9. The van der Waals surface area contributed by atoms with Gasteiger partial charge in [-0.2, -0.15) is 0 Å². The van der Waals surface area contributed by atoms with Crippen molar-refractivity contribution in [2.75, 3.05) is 0 Å². The van der Waals surface area contributed by atoms with Gasteiger partial charge in [-0.25, -0.2) is 4.98 Å². The van der Waals surface area contributed by atoms with Crippen LogP contribution in [-0.4, -0.2) is 21.5 Å². The molecule has 0 saturated heterocycles. The Bertz CT molecular complexity index is 1000. The van der Waals surface area contributed by atoms with Gasteiger partial charge in [0.05, 0.1) is 12.4 Å². The van der Waals surface area contributed by atoms with Gasteiger partial charge in [-0.1, -0.05) is 55.4 Å². The van der Waals surface area contributed by atoms with Crippen LogP contribution in [0.15, 0.2) is 89.6 Å². The van der Waals surface area contributed by atoms with Crippen LogP contribution in [-0.2, 0) is 4.79 Å². The first-order valence-corrected chi connectivity index (χ1v) is 12.3. The van der Waals surface area contributed by atoms with E-state index in [1.165, 1.54) is 16.7 Å². The number of aromatic nitrogens is 2. The maximum absolute atomic E-state index is 12.2. The molecule has 1 aromatic heterocycles. The summed E-state index contributed by atoms with van der Waals surface area (Å²) in [5, 5.41) is 3.02. The maximum atomic E-state index is 12.2. The van der Waals surface area contributed by atoms with Gasteiger partial charge in [0.25, 0.3) is 0 Å². The zero-order valence-corrected chi connectivity index (χ0v) is 22.2. The summed E-state index contributed by atoms with van der Waals surface area (Å²) >= 11 is 0. The van der Waals surface area contributed by atoms with Gasteiger partial charge in [-0.3, -0.25) is 4.79 Å². The van der Waals surface area contributed by atoms with Crippen molar-refractivity contribution in [1.82, 2.24) is 14.9 Å². The zero-order valence-electron chi connectivity index (χ0n) is 22.2. The molecule has 0 radical (unpaired) electrons. The van der Waals surface area contributed by atoms with E-state index in [0.29, 0.717) is 6.04 Å². The second-order valence-corrected chi connectivity index (χ2v) is 10.4. The van der Waals surface area contributed by atoms with Crippen molar-refractivity contribution in [3.63, 3.8) is 0 Å². The van der Waals surface area contributed by atoms with Crippen LogP contribution in [0.1, 0.15) is 80.2 Å². The minimum atomic E-state index is -0.0497. The second kappa shape index (κ2) is 12.5. The van der Waals surface area contributed by atoms with Crippen LogP contribution < -0.4 is 5.32 Å². The standard InChI is InChI=1S/C30H43N3O/c1-22(2)12-14-25(5)32-29(34)20-24(4)11-9-10-23(3)13-15-27-26(6)28(16-17-30(27,7)8)33-19-18-31-21-33/h9-11,13,15,18-21,25,28H,1,12,14,16-17H2,2-8H3,(H,32,34)/b11-9+,15-13+,23-10+,24-20+/t25-,28?/m1/s1. The second-order valence-electron chi connectivity index (χ2n) is 10.4. The van der Waals surface area contributed by atoms with E-state index in [0.717, 1.165) is 36.8 Å². The van der Waals surface area contributed by atoms with E-state index in [1.807, 2.05) is 45.4 Å². The molecule has 1 aliphatic carbocycles. The van der Waals surface area contributed by atoms with Crippen LogP contribution in [0.3, 0.4) is 0 Å². The fraction of sp³-hybridized carbons (Fsp3) is 0.467. The zero-order chi connectivity index (χ0) is 25.3. The number of amides is 1. The lowest BCUT2D eigenvalue weighted by molar-refractivity contribution is -0.117. The Morgan fingerprint density at radius 1 is 1.29 bits per heavy atom. The molecular weight excluding hydrogens is 418 g/mol. The average Bonchev–Trinajstić information content (AvgIpc) is 3.26. The van der Waals surface area contributed by atoms with E-state index in [1.54, 1.807) is 6.08 Å². The fourth-order valence-electron chi connectivity index (χ4n) is 4.44. The van der Waals surface area contributed by atoms with Gasteiger partial charge in [-0.05, 0) is 82.4 Å². The molecule has 1 aromatic rings. The molecule has 0 aliphatic heterocycles. The van der Waals surface area contributed by atoms with Crippen LogP contribution in [0.5, 0.6) is 0 Å². The summed E-state index contributed by atoms with van der Waals surface area (Å²) in [4.78, 5) is 16.4. The molecule has 1 N–H and O–H groups in total. The third-order valence-corrected chi connectivity index (χ3v) is 6.56. The molecule has 1 unspecified atom stereocenters. The first-order chi connectivity index (χ1) is 16.0. The number of imidazole rings is 1. The lowest BCUT2D eigenvalue weighted by Gasteiger charge is -2.37. The minimum Gasteiger partial charge on any atom is -0.350 e. The highest BCUT2D eigenvalue weighted by molar-refractivity contribution is 5.88. The molecule has 0 aromatic carbocycles. The van der Waals surface area contributed by atoms with E-state index in [-0.39, 0.29) is 17.4 Å². The summed E-state index contributed by atoms with van der Waals surface area (Å²) in [7, 11) is 0. The predicted molar refractivity (Wildman–Crippen MR) is 144 cm³/mol. The Morgan fingerprint density at radius 2 is 2.03 bits per heavy atom. The van der Waals surface area contributed by atoms with Gasteiger partial charge < -0.3 is 9.88 Å². The first-order valence-electron chi connectivity index (χ1n) is 12.3. The monoisotopic (exact) mass is 461 g/mol. The largest absolute Gasteiger partial charge is 0.350 e. The van der Waals surface area contributed by atoms with E-state index >= 15 is 0 Å². The number of nitrogens with one attached hydrogen (secondary N) is 1. The van der Waals surface area contributed by atoms with Gasteiger partial charge in [0.2, 0.25) is 5.91 Å². The fourth-order valence-corrected chi connectivity index (χ4v) is 4.44. The van der Waals surface area contributed by atoms with Gasteiger partial charge in [0.1, 0.15) is 0 Å². The lowest BCUT2D eigenvalue weighted by atomic mass is 9.71. The molecule has 1 aliphatic rings. The quantitative estimate of drug-likeness (QED) is 0.224. The predicted octanol–water partition coefficient (Wildman–Crippen LogP) is 7.43. The number of carbonyl (C=O) groups excluding carboxylic acids is 1. The number of allylic oxidation sites excluding steroid dienone is 10. The average molecular weight is 462 g/mol. The molecule has 184 valence electrons. The molecule has 1 heterocycles. The van der Waals surface area contributed by atoms with E-state index < -0.39 is 0 Å². The molecule has 0 saturated carbocycles. The van der Waals surface area contributed by atoms with Crippen molar-refractivity contribution in [3.8, 4) is 0 Å². The van der Waals surface area contributed by atoms with Crippen molar-refractivity contribution < 1.29 is 4.79 Å². The highest BCUT2D eigenvalue weighted by atomic mass is 16.1. The first kappa shape index (κ1) is 27.4. The number of hydrogen-bond donors (Lipinski definition) is 1. The summed E-state index contributed by atoms with van der Waals surface area (Å²) in [5.41, 5.74) is 6.21. The van der Waals surface area contributed by atoms with Crippen molar-refractivity contribution in [2.45, 2.75) is 86.2 Å². The summed E-state index contributed by atoms with van der Waals surface area (Å²) in [5.74, 6) is -0.0497. The number of nitrogens with zero attached hydrogens (tertiary/aromatic N) is 2. The van der Waals surface area contributed by atoms with Gasteiger partial charge in [-0.15, -0.1) is 6.58 Å². The third kappa shape index (κ3) is 8.48. The number of rotatable bonds is 10. The minimum absolute atomic E-state index is 0.0497. The van der Waals surface area contributed by atoms with Crippen LogP contribution in [0, 0.1) is 5.41 Å². The summed E-state index contributed by atoms with van der Waals surface area (Å²) in [6.07, 6.45) is 22.1. The van der Waals surface area contributed by atoms with Crippen molar-refractivity contribution in [2.24, 2.45) is 5.41 Å². The maximum Gasteiger partial charge on any atom is 0.244 e.